The number of rotatable bonds is 7. The SMILES string of the molecule is O=C(O)CCN(c1ccc(I)cc1)S(=O)(=O)c1cccc([N+](=O)[O-])c1. The van der Waals surface area contributed by atoms with Crippen molar-refractivity contribution in [1.29, 1.82) is 0 Å². The van der Waals surface area contributed by atoms with E-state index in [0.29, 0.717) is 0 Å². The Bertz CT molecular complexity index is 898. The summed E-state index contributed by atoms with van der Waals surface area (Å²) in [4.78, 5) is 20.8. The molecule has 0 amide bonds. The van der Waals surface area contributed by atoms with Crippen LogP contribution in [0, 0.1) is 13.7 Å². The van der Waals surface area contributed by atoms with Crippen molar-refractivity contribution < 1.29 is 23.2 Å². The van der Waals surface area contributed by atoms with E-state index >= 15 is 0 Å². The van der Waals surface area contributed by atoms with E-state index in [1.165, 1.54) is 18.2 Å². The maximum absolute atomic E-state index is 12.9. The fourth-order valence-corrected chi connectivity index (χ4v) is 3.94. The van der Waals surface area contributed by atoms with Gasteiger partial charge >= 0.3 is 5.97 Å². The van der Waals surface area contributed by atoms with Crippen molar-refractivity contribution in [2.24, 2.45) is 0 Å². The Kier molecular flexibility index (Phi) is 5.95. The van der Waals surface area contributed by atoms with Gasteiger partial charge in [-0.25, -0.2) is 8.42 Å². The smallest absolute Gasteiger partial charge is 0.305 e. The Morgan fingerprint density at radius 2 is 1.84 bits per heavy atom. The zero-order chi connectivity index (χ0) is 18.6. The topological polar surface area (TPSA) is 118 Å². The van der Waals surface area contributed by atoms with E-state index in [2.05, 4.69) is 22.6 Å². The van der Waals surface area contributed by atoms with E-state index in [0.717, 1.165) is 13.9 Å². The zero-order valence-electron chi connectivity index (χ0n) is 12.7. The Balaban J connectivity index is 2.50. The molecule has 2 rings (SSSR count). The van der Waals surface area contributed by atoms with Crippen LogP contribution in [-0.4, -0.2) is 31.0 Å². The average molecular weight is 476 g/mol. The number of halogens is 1. The molecule has 1 N–H and O–H groups in total. The molecule has 132 valence electrons. The van der Waals surface area contributed by atoms with Crippen molar-refractivity contribution in [3.63, 3.8) is 0 Å². The van der Waals surface area contributed by atoms with Gasteiger partial charge in [0.25, 0.3) is 15.7 Å². The van der Waals surface area contributed by atoms with Crippen LogP contribution >= 0.6 is 22.6 Å². The molecule has 0 spiro atoms. The minimum atomic E-state index is -4.16. The monoisotopic (exact) mass is 476 g/mol. The number of benzene rings is 2. The predicted octanol–water partition coefficient (Wildman–Crippen LogP) is 2.87. The standard InChI is InChI=1S/C15H13IN2O6S/c16-11-4-6-12(7-5-11)17(9-8-15(19)20)25(23,24)14-3-1-2-13(10-14)18(21)22/h1-7,10H,8-9H2,(H,19,20). The Morgan fingerprint density at radius 1 is 1.20 bits per heavy atom. The van der Waals surface area contributed by atoms with Gasteiger partial charge in [-0.15, -0.1) is 0 Å². The number of nitro benzene ring substituents is 1. The first kappa shape index (κ1) is 19.1. The molecule has 0 unspecified atom stereocenters. The molecule has 8 nitrogen and oxygen atoms in total. The Morgan fingerprint density at radius 3 is 2.40 bits per heavy atom. The van der Waals surface area contributed by atoms with Crippen LogP contribution in [0.1, 0.15) is 6.42 Å². The molecule has 0 aliphatic carbocycles. The van der Waals surface area contributed by atoms with E-state index in [4.69, 9.17) is 5.11 Å². The van der Waals surface area contributed by atoms with Crippen LogP contribution < -0.4 is 4.31 Å². The quantitative estimate of drug-likeness (QED) is 0.373. The molecule has 0 aliphatic heterocycles. The molecule has 10 heteroatoms. The molecular weight excluding hydrogens is 463 g/mol. The van der Waals surface area contributed by atoms with E-state index in [-0.39, 0.29) is 22.8 Å². The van der Waals surface area contributed by atoms with Crippen molar-refractivity contribution in [3.05, 3.63) is 62.2 Å². The Hall–Kier alpha value is -2.21. The number of carboxylic acid groups (broad SMARTS) is 1. The lowest BCUT2D eigenvalue weighted by Crippen LogP contribution is -2.33. The summed E-state index contributed by atoms with van der Waals surface area (Å²) < 4.78 is 27.6. The number of hydrogen-bond acceptors (Lipinski definition) is 5. The third-order valence-corrected chi connectivity index (χ3v) is 5.80. The van der Waals surface area contributed by atoms with Crippen LogP contribution in [0.2, 0.25) is 0 Å². The molecular formula is C15H13IN2O6S. The maximum Gasteiger partial charge on any atom is 0.305 e. The summed E-state index contributed by atoms with van der Waals surface area (Å²) >= 11 is 2.06. The molecule has 0 saturated carbocycles. The zero-order valence-corrected chi connectivity index (χ0v) is 15.7. The van der Waals surface area contributed by atoms with Crippen molar-refractivity contribution in [3.8, 4) is 0 Å². The number of sulfonamides is 1. The maximum atomic E-state index is 12.9. The number of aliphatic carboxylic acids is 1. The molecule has 0 fully saturated rings. The molecule has 25 heavy (non-hydrogen) atoms. The van der Waals surface area contributed by atoms with Crippen molar-refractivity contribution in [2.45, 2.75) is 11.3 Å². The summed E-state index contributed by atoms with van der Waals surface area (Å²) in [6, 6.07) is 11.1. The van der Waals surface area contributed by atoms with Crippen LogP contribution in [0.25, 0.3) is 0 Å². The molecule has 0 atom stereocenters. The Labute approximate surface area is 157 Å². The van der Waals surface area contributed by atoms with Gasteiger partial charge in [0.05, 0.1) is 21.9 Å². The second kappa shape index (κ2) is 7.78. The lowest BCUT2D eigenvalue weighted by molar-refractivity contribution is -0.385. The van der Waals surface area contributed by atoms with Crippen molar-refractivity contribution >= 4 is 50.0 Å². The highest BCUT2D eigenvalue weighted by molar-refractivity contribution is 14.1. The minimum absolute atomic E-state index is 0.273. The molecule has 0 aromatic heterocycles. The van der Waals surface area contributed by atoms with Gasteiger partial charge in [-0.2, -0.15) is 0 Å². The number of non-ortho nitro benzene ring substituents is 1. The highest BCUT2D eigenvalue weighted by Gasteiger charge is 2.27. The van der Waals surface area contributed by atoms with Gasteiger partial charge in [-0.05, 0) is 52.9 Å². The summed E-state index contributed by atoms with van der Waals surface area (Å²) in [6.07, 6.45) is -0.403. The van der Waals surface area contributed by atoms with Crippen LogP contribution in [0.3, 0.4) is 0 Å². The van der Waals surface area contributed by atoms with Gasteiger partial charge in [-0.3, -0.25) is 19.2 Å². The normalized spacial score (nSPS) is 11.1. The van der Waals surface area contributed by atoms with E-state index in [9.17, 15) is 23.3 Å². The summed E-state index contributed by atoms with van der Waals surface area (Å²) in [5.41, 5.74) is -0.0740. The first-order chi connectivity index (χ1) is 11.7. The highest BCUT2D eigenvalue weighted by Crippen LogP contribution is 2.26. The van der Waals surface area contributed by atoms with Crippen LogP contribution in [-0.2, 0) is 14.8 Å². The highest BCUT2D eigenvalue weighted by atomic mass is 127. The van der Waals surface area contributed by atoms with E-state index in [1.807, 2.05) is 0 Å². The van der Waals surface area contributed by atoms with E-state index in [1.54, 1.807) is 24.3 Å². The third kappa shape index (κ3) is 4.66. The molecule has 0 saturated heterocycles. The van der Waals surface area contributed by atoms with Gasteiger partial charge in [0, 0.05) is 22.2 Å². The predicted molar refractivity (Wildman–Crippen MR) is 99.0 cm³/mol. The number of nitro groups is 1. The summed E-state index contributed by atoms with van der Waals surface area (Å²) in [7, 11) is -4.16. The van der Waals surface area contributed by atoms with Gasteiger partial charge in [0.2, 0.25) is 0 Å². The van der Waals surface area contributed by atoms with Crippen LogP contribution in [0.4, 0.5) is 11.4 Å². The van der Waals surface area contributed by atoms with Crippen LogP contribution in [0.5, 0.6) is 0 Å². The molecule has 2 aromatic rings. The number of carbonyl (C=O) groups is 1. The van der Waals surface area contributed by atoms with Crippen molar-refractivity contribution in [2.75, 3.05) is 10.8 Å². The van der Waals surface area contributed by atoms with Gasteiger partial charge < -0.3 is 5.11 Å². The molecule has 0 radical (unpaired) electrons. The fourth-order valence-electron chi connectivity index (χ4n) is 2.08. The van der Waals surface area contributed by atoms with Crippen molar-refractivity contribution in [1.82, 2.24) is 0 Å². The second-order valence-electron chi connectivity index (χ2n) is 4.95. The van der Waals surface area contributed by atoms with E-state index < -0.39 is 27.3 Å². The van der Waals surface area contributed by atoms with Gasteiger partial charge in [-0.1, -0.05) is 6.07 Å². The second-order valence-corrected chi connectivity index (χ2v) is 8.06. The first-order valence-electron chi connectivity index (χ1n) is 6.96. The largest absolute Gasteiger partial charge is 0.481 e. The third-order valence-electron chi connectivity index (χ3n) is 3.26. The average Bonchev–Trinajstić information content (AvgIpc) is 2.56. The summed E-state index contributed by atoms with van der Waals surface area (Å²) in [6.45, 7) is -0.291. The molecule has 0 heterocycles. The number of hydrogen-bond donors (Lipinski definition) is 1. The van der Waals surface area contributed by atoms with Gasteiger partial charge in [0.1, 0.15) is 0 Å². The lowest BCUT2D eigenvalue weighted by Gasteiger charge is -2.24. The van der Waals surface area contributed by atoms with Gasteiger partial charge in [0.15, 0.2) is 0 Å². The van der Waals surface area contributed by atoms with Crippen LogP contribution in [0.15, 0.2) is 53.4 Å². The fraction of sp³-hybridized carbons (Fsp3) is 0.133. The number of nitrogens with zero attached hydrogens (tertiary/aromatic N) is 2. The number of anilines is 1. The summed E-state index contributed by atoms with van der Waals surface area (Å²) in [5, 5.41) is 19.8. The number of carboxylic acids is 1. The molecule has 0 bridgehead atoms. The summed E-state index contributed by atoms with van der Waals surface area (Å²) in [5.74, 6) is -1.15. The molecule has 2 aromatic carbocycles. The molecule has 0 aliphatic rings. The lowest BCUT2D eigenvalue weighted by atomic mass is 10.3. The first-order valence-corrected chi connectivity index (χ1v) is 9.48. The minimum Gasteiger partial charge on any atom is -0.481 e.